The van der Waals surface area contributed by atoms with Gasteiger partial charge in [0.25, 0.3) is 0 Å². The van der Waals surface area contributed by atoms with Crippen LogP contribution in [0.3, 0.4) is 0 Å². The van der Waals surface area contributed by atoms with Crippen LogP contribution in [0.5, 0.6) is 0 Å². The summed E-state index contributed by atoms with van der Waals surface area (Å²) in [5, 5.41) is 9.09. The van der Waals surface area contributed by atoms with Crippen molar-refractivity contribution >= 4 is 17.9 Å². The van der Waals surface area contributed by atoms with Gasteiger partial charge in [-0.25, -0.2) is 0 Å². The molecule has 1 aliphatic carbocycles. The zero-order valence-electron chi connectivity index (χ0n) is 13.2. The summed E-state index contributed by atoms with van der Waals surface area (Å²) in [6.45, 7) is 2.84. The van der Waals surface area contributed by atoms with Crippen molar-refractivity contribution in [1.29, 1.82) is 0 Å². The van der Waals surface area contributed by atoms with Gasteiger partial charge in [-0.2, -0.15) is 0 Å². The average Bonchev–Trinajstić information content (AvgIpc) is 2.46. The van der Waals surface area contributed by atoms with Crippen molar-refractivity contribution < 1.29 is 29.0 Å². The lowest BCUT2D eigenvalue weighted by Crippen LogP contribution is -2.50. The van der Waals surface area contributed by atoms with Gasteiger partial charge in [0.15, 0.2) is 0 Å². The van der Waals surface area contributed by atoms with Crippen LogP contribution in [0.4, 0.5) is 0 Å². The van der Waals surface area contributed by atoms with Gasteiger partial charge in [0.2, 0.25) is 6.79 Å². The minimum Gasteiger partial charge on any atom is -0.481 e. The Balaban J connectivity index is 2.61. The van der Waals surface area contributed by atoms with Gasteiger partial charge in [0, 0.05) is 5.41 Å². The Morgan fingerprint density at radius 1 is 1.09 bits per heavy atom. The van der Waals surface area contributed by atoms with Gasteiger partial charge in [-0.15, -0.1) is 0 Å². The molecule has 1 rings (SSSR count). The molecule has 7 nitrogen and oxygen atoms in total. The SMILES string of the molecule is CC(C)C(=O)OCOC(=O)C(N)C1(CC(=O)O)CCCCC1. The highest BCUT2D eigenvalue weighted by Gasteiger charge is 2.44. The summed E-state index contributed by atoms with van der Waals surface area (Å²) in [6.07, 6.45) is 3.71. The molecular weight excluding hydrogens is 290 g/mol. The Morgan fingerprint density at radius 3 is 2.14 bits per heavy atom. The molecule has 0 spiro atoms. The highest BCUT2D eigenvalue weighted by molar-refractivity contribution is 5.78. The van der Waals surface area contributed by atoms with Gasteiger partial charge >= 0.3 is 17.9 Å². The highest BCUT2D eigenvalue weighted by atomic mass is 16.7. The fourth-order valence-corrected chi connectivity index (χ4v) is 2.81. The maximum Gasteiger partial charge on any atom is 0.326 e. The number of carbonyl (C=O) groups is 3. The highest BCUT2D eigenvalue weighted by Crippen LogP contribution is 2.42. The fraction of sp³-hybridized carbons (Fsp3) is 0.800. The van der Waals surface area contributed by atoms with Gasteiger partial charge in [-0.05, 0) is 12.8 Å². The van der Waals surface area contributed by atoms with Crippen molar-refractivity contribution in [2.24, 2.45) is 17.1 Å². The zero-order valence-corrected chi connectivity index (χ0v) is 13.2. The van der Waals surface area contributed by atoms with Crippen LogP contribution in [0.15, 0.2) is 0 Å². The van der Waals surface area contributed by atoms with E-state index in [1.165, 1.54) is 0 Å². The van der Waals surface area contributed by atoms with Gasteiger partial charge < -0.3 is 20.3 Å². The van der Waals surface area contributed by atoms with Gasteiger partial charge in [-0.3, -0.25) is 14.4 Å². The molecule has 0 heterocycles. The molecule has 0 bridgehead atoms. The van der Waals surface area contributed by atoms with Crippen molar-refractivity contribution in [3.63, 3.8) is 0 Å². The van der Waals surface area contributed by atoms with Crippen LogP contribution in [-0.2, 0) is 23.9 Å². The Hall–Kier alpha value is -1.63. The van der Waals surface area contributed by atoms with E-state index in [1.807, 2.05) is 0 Å². The van der Waals surface area contributed by atoms with Crippen LogP contribution < -0.4 is 5.73 Å². The average molecular weight is 315 g/mol. The number of ether oxygens (including phenoxy) is 2. The van der Waals surface area contributed by atoms with E-state index in [4.69, 9.17) is 20.3 Å². The minimum absolute atomic E-state index is 0.158. The Labute approximate surface area is 130 Å². The Kier molecular flexibility index (Phi) is 6.80. The molecule has 0 saturated heterocycles. The van der Waals surface area contributed by atoms with E-state index in [0.29, 0.717) is 12.8 Å². The summed E-state index contributed by atoms with van der Waals surface area (Å²) in [6, 6.07) is -1.03. The van der Waals surface area contributed by atoms with Gasteiger partial charge in [0.1, 0.15) is 6.04 Å². The van der Waals surface area contributed by atoms with Gasteiger partial charge in [-0.1, -0.05) is 33.1 Å². The zero-order chi connectivity index (χ0) is 16.8. The third-order valence-electron chi connectivity index (χ3n) is 4.14. The van der Waals surface area contributed by atoms with Crippen LogP contribution in [-0.4, -0.2) is 35.8 Å². The first-order chi connectivity index (χ1) is 10.3. The maximum atomic E-state index is 12.0. The summed E-state index contributed by atoms with van der Waals surface area (Å²) in [5.41, 5.74) is 5.20. The molecule has 22 heavy (non-hydrogen) atoms. The normalized spacial score (nSPS) is 18.5. The molecule has 3 N–H and O–H groups in total. The summed E-state index contributed by atoms with van der Waals surface area (Å²) in [5.74, 6) is -2.49. The van der Waals surface area contributed by atoms with Crippen LogP contribution in [0.25, 0.3) is 0 Å². The quantitative estimate of drug-likeness (QED) is 0.539. The number of nitrogens with two attached hydrogens (primary N) is 1. The molecule has 1 atom stereocenters. The maximum absolute atomic E-state index is 12.0. The largest absolute Gasteiger partial charge is 0.481 e. The molecule has 1 unspecified atom stereocenters. The second-order valence-corrected chi connectivity index (χ2v) is 6.17. The van der Waals surface area contributed by atoms with Crippen molar-refractivity contribution in [3.05, 3.63) is 0 Å². The number of rotatable bonds is 7. The third-order valence-corrected chi connectivity index (χ3v) is 4.14. The molecular formula is C15H25NO6. The number of esters is 2. The second kappa shape index (κ2) is 8.12. The van der Waals surface area contributed by atoms with E-state index in [1.54, 1.807) is 13.8 Å². The summed E-state index contributed by atoms with van der Waals surface area (Å²) in [7, 11) is 0. The van der Waals surface area contributed by atoms with Crippen LogP contribution in [0, 0.1) is 11.3 Å². The molecule has 0 aromatic rings. The Morgan fingerprint density at radius 2 is 1.64 bits per heavy atom. The summed E-state index contributed by atoms with van der Waals surface area (Å²) in [4.78, 5) is 34.4. The van der Waals surface area contributed by atoms with Gasteiger partial charge in [0.05, 0.1) is 12.3 Å². The van der Waals surface area contributed by atoms with E-state index < -0.39 is 36.2 Å². The third kappa shape index (κ3) is 4.98. The number of carboxylic acid groups (broad SMARTS) is 1. The first-order valence-corrected chi connectivity index (χ1v) is 7.59. The number of aliphatic carboxylic acids is 1. The lowest BCUT2D eigenvalue weighted by Gasteiger charge is -2.39. The molecule has 0 aromatic carbocycles. The molecule has 0 aliphatic heterocycles. The first kappa shape index (κ1) is 18.4. The molecule has 0 aromatic heterocycles. The van der Waals surface area contributed by atoms with Crippen LogP contribution >= 0.6 is 0 Å². The molecule has 126 valence electrons. The summed E-state index contributed by atoms with van der Waals surface area (Å²) < 4.78 is 9.66. The molecule has 1 fully saturated rings. The molecule has 1 saturated carbocycles. The van der Waals surface area contributed by atoms with Crippen LogP contribution in [0.1, 0.15) is 52.4 Å². The number of carboxylic acids is 1. The molecule has 7 heteroatoms. The fourth-order valence-electron chi connectivity index (χ4n) is 2.81. The van der Waals surface area contributed by atoms with Crippen LogP contribution in [0.2, 0.25) is 0 Å². The van der Waals surface area contributed by atoms with Crippen molar-refractivity contribution in [2.45, 2.75) is 58.4 Å². The predicted molar refractivity (Wildman–Crippen MR) is 77.6 cm³/mol. The second-order valence-electron chi connectivity index (χ2n) is 6.17. The van der Waals surface area contributed by atoms with E-state index in [0.717, 1.165) is 19.3 Å². The number of carbonyl (C=O) groups excluding carboxylic acids is 2. The van der Waals surface area contributed by atoms with E-state index >= 15 is 0 Å². The summed E-state index contributed by atoms with van der Waals surface area (Å²) >= 11 is 0. The van der Waals surface area contributed by atoms with Crippen molar-refractivity contribution in [2.75, 3.05) is 6.79 Å². The van der Waals surface area contributed by atoms with Crippen molar-refractivity contribution in [3.8, 4) is 0 Å². The number of hydrogen-bond donors (Lipinski definition) is 2. The van der Waals surface area contributed by atoms with E-state index in [9.17, 15) is 14.4 Å². The predicted octanol–water partition coefficient (Wildman–Crippen LogP) is 1.44. The first-order valence-electron chi connectivity index (χ1n) is 7.59. The number of hydrogen-bond acceptors (Lipinski definition) is 6. The van der Waals surface area contributed by atoms with Crippen molar-refractivity contribution in [1.82, 2.24) is 0 Å². The monoisotopic (exact) mass is 315 g/mol. The molecule has 0 amide bonds. The lowest BCUT2D eigenvalue weighted by atomic mass is 9.67. The standard InChI is InChI=1S/C15H25NO6/c1-10(2)13(19)21-9-22-14(20)12(16)15(8-11(17)18)6-4-3-5-7-15/h10,12H,3-9,16H2,1-2H3,(H,17,18). The molecule has 1 aliphatic rings. The smallest absolute Gasteiger partial charge is 0.326 e. The van der Waals surface area contributed by atoms with E-state index in [-0.39, 0.29) is 12.3 Å². The Bertz CT molecular complexity index is 414. The lowest BCUT2D eigenvalue weighted by molar-refractivity contribution is -0.172. The van der Waals surface area contributed by atoms with E-state index in [2.05, 4.69) is 0 Å². The minimum atomic E-state index is -1.03. The molecule has 0 radical (unpaired) electrons. The topological polar surface area (TPSA) is 116 Å².